The summed E-state index contributed by atoms with van der Waals surface area (Å²) in [5.41, 5.74) is 1.03. The van der Waals surface area contributed by atoms with E-state index in [1.54, 1.807) is 6.20 Å². The first-order valence-electron chi connectivity index (χ1n) is 5.66. The van der Waals surface area contributed by atoms with E-state index in [1.807, 2.05) is 32.9 Å². The van der Waals surface area contributed by atoms with E-state index in [-0.39, 0.29) is 5.41 Å². The molecule has 4 nitrogen and oxygen atoms in total. The molecule has 1 unspecified atom stereocenters. The molecule has 0 saturated carbocycles. The predicted octanol–water partition coefficient (Wildman–Crippen LogP) is 3.54. The molecule has 18 heavy (non-hydrogen) atoms. The fraction of sp³-hybridized carbons (Fsp3) is 0.385. The van der Waals surface area contributed by atoms with Crippen LogP contribution < -0.4 is 0 Å². The maximum absolute atomic E-state index is 11.5. The molecule has 0 fully saturated rings. The summed E-state index contributed by atoms with van der Waals surface area (Å²) >= 11 is 3.44. The Labute approximate surface area is 114 Å². The van der Waals surface area contributed by atoms with Crippen LogP contribution in [0.3, 0.4) is 0 Å². The number of aromatic amines is 1. The van der Waals surface area contributed by atoms with Crippen LogP contribution in [0, 0.1) is 5.41 Å². The Morgan fingerprint density at radius 2 is 2.17 bits per heavy atom. The van der Waals surface area contributed by atoms with Crippen molar-refractivity contribution in [2.75, 3.05) is 0 Å². The van der Waals surface area contributed by atoms with Gasteiger partial charge in [-0.15, -0.1) is 0 Å². The molecule has 5 heteroatoms. The lowest BCUT2D eigenvalue weighted by molar-refractivity contribution is -0.141. The minimum Gasteiger partial charge on any atom is -0.481 e. The van der Waals surface area contributed by atoms with Gasteiger partial charge in [-0.2, -0.15) is 0 Å². The van der Waals surface area contributed by atoms with Gasteiger partial charge in [0.1, 0.15) is 11.6 Å². The zero-order valence-corrected chi connectivity index (χ0v) is 12.1. The van der Waals surface area contributed by atoms with E-state index in [4.69, 9.17) is 0 Å². The molecule has 0 aliphatic carbocycles. The Hall–Kier alpha value is -1.36. The summed E-state index contributed by atoms with van der Waals surface area (Å²) in [6.45, 7) is 5.75. The average Bonchev–Trinajstić information content (AvgIpc) is 2.59. The fourth-order valence-electron chi connectivity index (χ4n) is 2.14. The minimum atomic E-state index is -0.829. The number of halogens is 1. The Bertz CT molecular complexity index is 599. The quantitative estimate of drug-likeness (QED) is 0.891. The van der Waals surface area contributed by atoms with E-state index in [0.29, 0.717) is 11.3 Å². The molecule has 2 heterocycles. The minimum absolute atomic E-state index is 0.362. The highest BCUT2D eigenvalue weighted by molar-refractivity contribution is 9.10. The zero-order valence-electron chi connectivity index (χ0n) is 10.5. The van der Waals surface area contributed by atoms with Crippen LogP contribution in [-0.2, 0) is 4.79 Å². The third-order valence-corrected chi connectivity index (χ3v) is 3.61. The van der Waals surface area contributed by atoms with Crippen LogP contribution in [-0.4, -0.2) is 21.0 Å². The molecule has 0 aliphatic heterocycles. The number of hydrogen-bond donors (Lipinski definition) is 2. The number of pyridine rings is 1. The SMILES string of the molecule is CC(C)(C)C(C(=O)O)c1cc2c(Br)ccnc2[nH]1. The van der Waals surface area contributed by atoms with Gasteiger partial charge >= 0.3 is 5.97 Å². The van der Waals surface area contributed by atoms with Crippen molar-refractivity contribution in [2.45, 2.75) is 26.7 Å². The van der Waals surface area contributed by atoms with Crippen LogP contribution in [0.25, 0.3) is 11.0 Å². The number of nitrogens with one attached hydrogen (secondary N) is 1. The summed E-state index contributed by atoms with van der Waals surface area (Å²) in [5, 5.41) is 10.3. The monoisotopic (exact) mass is 310 g/mol. The topological polar surface area (TPSA) is 66.0 Å². The normalized spacial score (nSPS) is 13.8. The van der Waals surface area contributed by atoms with Gasteiger partial charge in [-0.3, -0.25) is 4.79 Å². The Morgan fingerprint density at radius 3 is 2.67 bits per heavy atom. The van der Waals surface area contributed by atoms with Crippen molar-refractivity contribution < 1.29 is 9.90 Å². The second kappa shape index (κ2) is 4.39. The van der Waals surface area contributed by atoms with Crippen LogP contribution in [0.2, 0.25) is 0 Å². The molecule has 2 aromatic rings. The van der Waals surface area contributed by atoms with Crippen molar-refractivity contribution in [1.29, 1.82) is 0 Å². The van der Waals surface area contributed by atoms with E-state index in [1.165, 1.54) is 0 Å². The molecular formula is C13H15BrN2O2. The molecule has 0 radical (unpaired) electrons. The van der Waals surface area contributed by atoms with Crippen LogP contribution in [0.4, 0.5) is 0 Å². The first-order valence-corrected chi connectivity index (χ1v) is 6.46. The number of carboxylic acid groups (broad SMARTS) is 1. The van der Waals surface area contributed by atoms with Gasteiger partial charge in [-0.05, 0) is 33.5 Å². The smallest absolute Gasteiger partial charge is 0.313 e. The number of aliphatic carboxylic acids is 1. The van der Waals surface area contributed by atoms with Gasteiger partial charge in [-0.25, -0.2) is 4.98 Å². The van der Waals surface area contributed by atoms with Gasteiger partial charge in [0.2, 0.25) is 0 Å². The number of fused-ring (bicyclic) bond motifs is 1. The second-order valence-electron chi connectivity index (χ2n) is 5.42. The van der Waals surface area contributed by atoms with Crippen LogP contribution in [0.1, 0.15) is 32.4 Å². The average molecular weight is 311 g/mol. The first kappa shape index (κ1) is 13.1. The Kier molecular flexibility index (Phi) is 3.19. The summed E-state index contributed by atoms with van der Waals surface area (Å²) in [4.78, 5) is 18.8. The number of hydrogen-bond acceptors (Lipinski definition) is 2. The molecule has 0 amide bonds. The highest BCUT2D eigenvalue weighted by atomic mass is 79.9. The summed E-state index contributed by atoms with van der Waals surface area (Å²) in [7, 11) is 0. The molecule has 2 aromatic heterocycles. The molecule has 0 spiro atoms. The van der Waals surface area contributed by atoms with E-state index < -0.39 is 11.9 Å². The Morgan fingerprint density at radius 1 is 1.50 bits per heavy atom. The number of rotatable bonds is 2. The highest BCUT2D eigenvalue weighted by Crippen LogP contribution is 2.36. The molecule has 0 aliphatic rings. The van der Waals surface area contributed by atoms with Crippen LogP contribution in [0.5, 0.6) is 0 Å². The van der Waals surface area contributed by atoms with Gasteiger partial charge in [-0.1, -0.05) is 20.8 Å². The molecule has 2 N–H and O–H groups in total. The first-order chi connectivity index (χ1) is 8.30. The standard InChI is InChI=1S/C13H15BrN2O2/c1-13(2,3)10(12(17)18)9-6-7-8(14)4-5-15-11(7)16-9/h4-6,10H,1-3H3,(H,15,16)(H,17,18). The van der Waals surface area contributed by atoms with Crippen molar-refractivity contribution in [1.82, 2.24) is 9.97 Å². The fourth-order valence-corrected chi connectivity index (χ4v) is 2.56. The van der Waals surface area contributed by atoms with Crippen molar-refractivity contribution in [3.63, 3.8) is 0 Å². The Balaban J connectivity index is 2.59. The number of H-pyrrole nitrogens is 1. The van der Waals surface area contributed by atoms with Crippen LogP contribution in [0.15, 0.2) is 22.8 Å². The molecule has 0 aromatic carbocycles. The van der Waals surface area contributed by atoms with Gasteiger partial charge in [0, 0.05) is 21.7 Å². The lowest BCUT2D eigenvalue weighted by atomic mass is 9.79. The lowest BCUT2D eigenvalue weighted by Crippen LogP contribution is -2.26. The predicted molar refractivity (Wildman–Crippen MR) is 73.6 cm³/mol. The lowest BCUT2D eigenvalue weighted by Gasteiger charge is -2.26. The summed E-state index contributed by atoms with van der Waals surface area (Å²) in [6.07, 6.45) is 1.68. The zero-order chi connectivity index (χ0) is 13.5. The number of nitrogens with zero attached hydrogens (tertiary/aromatic N) is 1. The van der Waals surface area contributed by atoms with E-state index in [9.17, 15) is 9.90 Å². The van der Waals surface area contributed by atoms with Gasteiger partial charge in [0.05, 0.1) is 0 Å². The maximum atomic E-state index is 11.5. The maximum Gasteiger partial charge on any atom is 0.313 e. The van der Waals surface area contributed by atoms with Gasteiger partial charge < -0.3 is 10.1 Å². The third-order valence-electron chi connectivity index (χ3n) is 2.92. The van der Waals surface area contributed by atoms with Crippen LogP contribution >= 0.6 is 15.9 Å². The second-order valence-corrected chi connectivity index (χ2v) is 6.27. The highest BCUT2D eigenvalue weighted by Gasteiger charge is 2.34. The largest absolute Gasteiger partial charge is 0.481 e. The van der Waals surface area contributed by atoms with Crippen molar-refractivity contribution in [3.05, 3.63) is 28.5 Å². The van der Waals surface area contributed by atoms with E-state index >= 15 is 0 Å². The molecule has 2 rings (SSSR count). The van der Waals surface area contributed by atoms with Gasteiger partial charge in [0.25, 0.3) is 0 Å². The summed E-state index contributed by atoms with van der Waals surface area (Å²) < 4.78 is 0.910. The molecule has 0 bridgehead atoms. The van der Waals surface area contributed by atoms with Crippen molar-refractivity contribution in [3.8, 4) is 0 Å². The number of carboxylic acids is 1. The summed E-state index contributed by atoms with van der Waals surface area (Å²) in [6, 6.07) is 3.70. The molecule has 0 saturated heterocycles. The molecular weight excluding hydrogens is 296 g/mol. The number of carbonyl (C=O) groups is 1. The molecule has 96 valence electrons. The van der Waals surface area contributed by atoms with Gasteiger partial charge in [0.15, 0.2) is 0 Å². The molecule has 1 atom stereocenters. The van der Waals surface area contributed by atoms with E-state index in [2.05, 4.69) is 25.9 Å². The summed E-state index contributed by atoms with van der Waals surface area (Å²) in [5.74, 6) is -1.41. The van der Waals surface area contributed by atoms with Crippen molar-refractivity contribution >= 4 is 32.9 Å². The third kappa shape index (κ3) is 2.27. The number of aromatic nitrogens is 2. The van der Waals surface area contributed by atoms with E-state index in [0.717, 1.165) is 9.86 Å². The van der Waals surface area contributed by atoms with Crippen molar-refractivity contribution in [2.24, 2.45) is 5.41 Å².